The summed E-state index contributed by atoms with van der Waals surface area (Å²) in [4.78, 5) is 22.1. The quantitative estimate of drug-likeness (QED) is 0.603. The number of carbonyl (C=O) groups excluding carboxylic acids is 2. The smallest absolute Gasteiger partial charge is 0.351 e. The van der Waals surface area contributed by atoms with E-state index in [9.17, 15) is 22.8 Å². The molecule has 92 valence electrons. The molecule has 3 nitrogen and oxygen atoms in total. The Morgan fingerprint density at radius 1 is 1.18 bits per heavy atom. The fourth-order valence-corrected chi connectivity index (χ4v) is 1.01. The van der Waals surface area contributed by atoms with E-state index in [2.05, 4.69) is 4.74 Å². The highest BCUT2D eigenvalue weighted by Gasteiger charge is 2.31. The van der Waals surface area contributed by atoms with Crippen LogP contribution in [0.3, 0.4) is 0 Å². The lowest BCUT2D eigenvalue weighted by Crippen LogP contribution is -2.31. The molecule has 0 spiro atoms. The van der Waals surface area contributed by atoms with Crippen LogP contribution in [-0.4, -0.2) is 31.0 Å². The Hall–Kier alpha value is -1.85. The first kappa shape index (κ1) is 13.2. The van der Waals surface area contributed by atoms with Gasteiger partial charge in [-0.3, -0.25) is 0 Å². The number of alkyl halides is 3. The van der Waals surface area contributed by atoms with Crippen molar-refractivity contribution in [3.63, 3.8) is 0 Å². The summed E-state index contributed by atoms with van der Waals surface area (Å²) in [6.07, 6.45) is -5.42. The van der Waals surface area contributed by atoms with Gasteiger partial charge in [-0.1, -0.05) is 18.2 Å². The molecule has 0 N–H and O–H groups in total. The maximum atomic E-state index is 12.8. The summed E-state index contributed by atoms with van der Waals surface area (Å²) in [6, 6.07) is 7.31. The van der Waals surface area contributed by atoms with Gasteiger partial charge >= 0.3 is 11.9 Å². The van der Waals surface area contributed by atoms with Crippen molar-refractivity contribution in [2.45, 2.75) is 12.3 Å². The van der Waals surface area contributed by atoms with Gasteiger partial charge in [0, 0.05) is 0 Å². The molecule has 0 radical (unpaired) electrons. The molecule has 1 rings (SSSR count). The van der Waals surface area contributed by atoms with Gasteiger partial charge in [0.15, 0.2) is 6.17 Å². The van der Waals surface area contributed by atoms with E-state index in [0.29, 0.717) is 0 Å². The number of esters is 2. The standard InChI is InChI=1S/C11H9F3O3/c12-6-8(13)9(14)11(16)17-10(15)7-4-2-1-3-5-7/h1-5,8-9H,6H2. The minimum absolute atomic E-state index is 0.0173. The lowest BCUT2D eigenvalue weighted by molar-refractivity contribution is -0.146. The van der Waals surface area contributed by atoms with Crippen molar-refractivity contribution < 1.29 is 27.5 Å². The summed E-state index contributed by atoms with van der Waals surface area (Å²) in [5.41, 5.74) is 0.0173. The molecule has 0 saturated carbocycles. The summed E-state index contributed by atoms with van der Waals surface area (Å²) in [6.45, 7) is -1.66. The molecular formula is C11H9F3O3. The first-order valence-electron chi connectivity index (χ1n) is 4.71. The lowest BCUT2D eigenvalue weighted by Gasteiger charge is -2.08. The maximum Gasteiger partial charge on any atom is 0.351 e. The van der Waals surface area contributed by atoms with Crippen LogP contribution in [0.25, 0.3) is 0 Å². The first-order valence-corrected chi connectivity index (χ1v) is 4.71. The van der Waals surface area contributed by atoms with Crippen molar-refractivity contribution in [1.29, 1.82) is 0 Å². The molecule has 0 aliphatic carbocycles. The third kappa shape index (κ3) is 3.58. The molecule has 6 heteroatoms. The van der Waals surface area contributed by atoms with E-state index in [1.165, 1.54) is 24.3 Å². The highest BCUT2D eigenvalue weighted by Crippen LogP contribution is 2.09. The maximum absolute atomic E-state index is 12.8. The van der Waals surface area contributed by atoms with Crippen LogP contribution in [0.15, 0.2) is 30.3 Å². The minimum Gasteiger partial charge on any atom is -0.387 e. The molecular weight excluding hydrogens is 237 g/mol. The van der Waals surface area contributed by atoms with Gasteiger partial charge in [0.05, 0.1) is 5.56 Å². The van der Waals surface area contributed by atoms with E-state index in [0.717, 1.165) is 0 Å². The van der Waals surface area contributed by atoms with Gasteiger partial charge in [0.1, 0.15) is 6.67 Å². The third-order valence-electron chi connectivity index (χ3n) is 1.89. The molecule has 0 bridgehead atoms. The minimum atomic E-state index is -2.80. The molecule has 0 aliphatic rings. The highest BCUT2D eigenvalue weighted by atomic mass is 19.2. The summed E-state index contributed by atoms with van der Waals surface area (Å²) >= 11 is 0. The predicted octanol–water partition coefficient (Wildman–Crippen LogP) is 2.02. The van der Waals surface area contributed by atoms with Crippen molar-refractivity contribution >= 4 is 11.9 Å². The normalized spacial score (nSPS) is 13.8. The molecule has 1 aromatic rings. The van der Waals surface area contributed by atoms with Gasteiger partial charge in [-0.2, -0.15) is 0 Å². The van der Waals surface area contributed by atoms with Crippen LogP contribution in [0.1, 0.15) is 10.4 Å². The molecule has 0 saturated heterocycles. The zero-order valence-corrected chi connectivity index (χ0v) is 8.61. The van der Waals surface area contributed by atoms with Gasteiger partial charge in [0.25, 0.3) is 0 Å². The van der Waals surface area contributed by atoms with E-state index in [1.807, 2.05) is 0 Å². The van der Waals surface area contributed by atoms with Gasteiger partial charge in [-0.25, -0.2) is 22.8 Å². The number of rotatable bonds is 4. The van der Waals surface area contributed by atoms with Gasteiger partial charge in [-0.05, 0) is 12.1 Å². The number of hydrogen-bond acceptors (Lipinski definition) is 3. The van der Waals surface area contributed by atoms with Crippen molar-refractivity contribution in [1.82, 2.24) is 0 Å². The van der Waals surface area contributed by atoms with Crippen molar-refractivity contribution in [2.24, 2.45) is 0 Å². The summed E-state index contributed by atoms with van der Waals surface area (Å²) in [5.74, 6) is -2.84. The Morgan fingerprint density at radius 2 is 1.76 bits per heavy atom. The Balaban J connectivity index is 2.61. The summed E-state index contributed by atoms with van der Waals surface area (Å²) < 4.78 is 41.1. The average molecular weight is 246 g/mol. The van der Waals surface area contributed by atoms with Crippen LogP contribution < -0.4 is 0 Å². The number of hydrogen-bond donors (Lipinski definition) is 0. The SMILES string of the molecule is O=C(OC(=O)C(F)C(F)CF)c1ccccc1. The predicted molar refractivity (Wildman–Crippen MR) is 52.6 cm³/mol. The highest BCUT2D eigenvalue weighted by molar-refractivity contribution is 5.97. The monoisotopic (exact) mass is 246 g/mol. The molecule has 0 amide bonds. The van der Waals surface area contributed by atoms with Gasteiger partial charge in [-0.15, -0.1) is 0 Å². The van der Waals surface area contributed by atoms with E-state index < -0.39 is 31.0 Å². The lowest BCUT2D eigenvalue weighted by atomic mass is 10.2. The van der Waals surface area contributed by atoms with Crippen LogP contribution in [0, 0.1) is 0 Å². The fourth-order valence-electron chi connectivity index (χ4n) is 1.01. The molecule has 0 heterocycles. The van der Waals surface area contributed by atoms with Crippen LogP contribution in [-0.2, 0) is 9.53 Å². The van der Waals surface area contributed by atoms with E-state index in [4.69, 9.17) is 0 Å². The Labute approximate surface area is 95.2 Å². The topological polar surface area (TPSA) is 43.4 Å². The second-order valence-electron chi connectivity index (χ2n) is 3.15. The number of ether oxygens (including phenoxy) is 1. The number of halogens is 3. The van der Waals surface area contributed by atoms with Crippen LogP contribution in [0.2, 0.25) is 0 Å². The molecule has 17 heavy (non-hydrogen) atoms. The third-order valence-corrected chi connectivity index (χ3v) is 1.89. The number of carbonyl (C=O) groups is 2. The van der Waals surface area contributed by atoms with Crippen LogP contribution in [0.4, 0.5) is 13.2 Å². The average Bonchev–Trinajstić information content (AvgIpc) is 2.37. The van der Waals surface area contributed by atoms with Gasteiger partial charge < -0.3 is 4.74 Å². The fraction of sp³-hybridized carbons (Fsp3) is 0.273. The molecule has 0 fully saturated rings. The van der Waals surface area contributed by atoms with Gasteiger partial charge in [0.2, 0.25) is 6.17 Å². The Bertz CT molecular complexity index is 394. The zero-order valence-electron chi connectivity index (χ0n) is 8.61. The number of benzene rings is 1. The molecule has 0 aromatic heterocycles. The van der Waals surface area contributed by atoms with Crippen LogP contribution >= 0.6 is 0 Å². The summed E-state index contributed by atoms with van der Waals surface area (Å²) in [5, 5.41) is 0. The molecule has 2 unspecified atom stereocenters. The van der Waals surface area contributed by atoms with Crippen LogP contribution in [0.5, 0.6) is 0 Å². The zero-order chi connectivity index (χ0) is 12.8. The molecule has 1 aromatic carbocycles. The molecule has 2 atom stereocenters. The largest absolute Gasteiger partial charge is 0.387 e. The van der Waals surface area contributed by atoms with E-state index >= 15 is 0 Å². The van der Waals surface area contributed by atoms with Crippen molar-refractivity contribution in [2.75, 3.05) is 6.67 Å². The van der Waals surface area contributed by atoms with E-state index in [-0.39, 0.29) is 5.56 Å². The van der Waals surface area contributed by atoms with E-state index in [1.54, 1.807) is 6.07 Å². The Morgan fingerprint density at radius 3 is 2.29 bits per heavy atom. The summed E-state index contributed by atoms with van der Waals surface area (Å²) in [7, 11) is 0. The second-order valence-corrected chi connectivity index (χ2v) is 3.15. The van der Waals surface area contributed by atoms with Crippen molar-refractivity contribution in [3.05, 3.63) is 35.9 Å². The molecule has 0 aliphatic heterocycles. The second kappa shape index (κ2) is 6.03. The first-order chi connectivity index (χ1) is 8.06. The van der Waals surface area contributed by atoms with Crippen molar-refractivity contribution in [3.8, 4) is 0 Å². The Kier molecular flexibility index (Phi) is 4.68.